The smallest absolute Gasteiger partial charge is 0.227 e. The Balaban J connectivity index is 1.24. The lowest BCUT2D eigenvalue weighted by atomic mass is 9.93. The van der Waals surface area contributed by atoms with Crippen LogP contribution in [0.15, 0.2) is 42.7 Å². The second kappa shape index (κ2) is 8.98. The van der Waals surface area contributed by atoms with Crippen LogP contribution in [0, 0.1) is 11.6 Å². The van der Waals surface area contributed by atoms with E-state index in [4.69, 9.17) is 4.74 Å². The number of carbonyl (C=O) groups is 1. The summed E-state index contributed by atoms with van der Waals surface area (Å²) in [6, 6.07) is 6.79. The molecule has 1 aliphatic carbocycles. The molecular weight excluding hydrogens is 392 g/mol. The molecule has 1 aromatic carbocycles. The Morgan fingerprint density at radius 1 is 1.10 bits per heavy atom. The molecule has 9 heteroatoms. The number of aromatic amines is 1. The van der Waals surface area contributed by atoms with Crippen molar-refractivity contribution < 1.29 is 18.3 Å². The van der Waals surface area contributed by atoms with Gasteiger partial charge >= 0.3 is 0 Å². The molecule has 2 heterocycles. The van der Waals surface area contributed by atoms with E-state index in [1.54, 1.807) is 24.5 Å². The van der Waals surface area contributed by atoms with Crippen molar-refractivity contribution in [2.45, 2.75) is 44.2 Å². The summed E-state index contributed by atoms with van der Waals surface area (Å²) >= 11 is 0. The largest absolute Gasteiger partial charge is 0.490 e. The molecule has 4 rings (SSSR count). The third kappa shape index (κ3) is 5.16. The first-order valence-corrected chi connectivity index (χ1v) is 9.79. The summed E-state index contributed by atoms with van der Waals surface area (Å²) in [6.07, 6.45) is 6.13. The quantitative estimate of drug-likeness (QED) is 0.648. The van der Waals surface area contributed by atoms with Crippen molar-refractivity contribution in [1.82, 2.24) is 25.5 Å². The molecule has 1 fully saturated rings. The number of nitrogens with one attached hydrogen (secondary N) is 2. The Kier molecular flexibility index (Phi) is 5.97. The van der Waals surface area contributed by atoms with Gasteiger partial charge in [0.1, 0.15) is 23.2 Å². The van der Waals surface area contributed by atoms with E-state index in [0.29, 0.717) is 24.5 Å². The summed E-state index contributed by atoms with van der Waals surface area (Å²) in [7, 11) is 0. The maximum absolute atomic E-state index is 13.3. The van der Waals surface area contributed by atoms with Gasteiger partial charge in [-0.15, -0.1) is 0 Å². The number of hydrogen-bond acceptors (Lipinski definition) is 5. The zero-order valence-corrected chi connectivity index (χ0v) is 16.1. The lowest BCUT2D eigenvalue weighted by Gasteiger charge is -2.29. The van der Waals surface area contributed by atoms with Gasteiger partial charge in [0.05, 0.1) is 12.5 Å². The minimum atomic E-state index is -0.662. The van der Waals surface area contributed by atoms with Crippen molar-refractivity contribution in [3.8, 4) is 17.1 Å². The summed E-state index contributed by atoms with van der Waals surface area (Å²) in [5, 5.41) is 9.93. The van der Waals surface area contributed by atoms with E-state index >= 15 is 0 Å². The molecule has 7 nitrogen and oxygen atoms in total. The molecule has 1 aliphatic rings. The number of rotatable bonds is 6. The first-order valence-electron chi connectivity index (χ1n) is 9.79. The fourth-order valence-electron chi connectivity index (χ4n) is 3.55. The Hall–Kier alpha value is -3.36. The minimum Gasteiger partial charge on any atom is -0.490 e. The molecule has 0 aliphatic heterocycles. The highest BCUT2D eigenvalue weighted by Crippen LogP contribution is 2.25. The molecule has 0 atom stereocenters. The van der Waals surface area contributed by atoms with E-state index in [-0.39, 0.29) is 30.2 Å². The van der Waals surface area contributed by atoms with Crippen LogP contribution >= 0.6 is 0 Å². The fraction of sp³-hybridized carbons (Fsp3) is 0.333. The fourth-order valence-corrected chi connectivity index (χ4v) is 3.55. The van der Waals surface area contributed by atoms with Crippen LogP contribution in [-0.2, 0) is 11.2 Å². The summed E-state index contributed by atoms with van der Waals surface area (Å²) in [5.41, 5.74) is 0.824. The molecule has 0 radical (unpaired) electrons. The molecule has 156 valence electrons. The molecule has 1 saturated carbocycles. The summed E-state index contributed by atoms with van der Waals surface area (Å²) in [6.45, 7) is 0. The molecule has 3 aromatic rings. The molecule has 2 N–H and O–H groups in total. The Morgan fingerprint density at radius 3 is 2.50 bits per heavy atom. The Morgan fingerprint density at radius 2 is 1.80 bits per heavy atom. The van der Waals surface area contributed by atoms with Gasteiger partial charge in [-0.3, -0.25) is 14.9 Å². The van der Waals surface area contributed by atoms with E-state index < -0.39 is 11.6 Å². The second-order valence-corrected chi connectivity index (χ2v) is 7.28. The number of ether oxygens (including phenoxy) is 1. The van der Waals surface area contributed by atoms with Crippen molar-refractivity contribution >= 4 is 5.91 Å². The third-order valence-corrected chi connectivity index (χ3v) is 4.98. The van der Waals surface area contributed by atoms with Crippen molar-refractivity contribution in [3.63, 3.8) is 0 Å². The second-order valence-electron chi connectivity index (χ2n) is 7.28. The predicted molar refractivity (Wildman–Crippen MR) is 104 cm³/mol. The number of carbonyl (C=O) groups excluding carboxylic acids is 1. The van der Waals surface area contributed by atoms with Crippen LogP contribution in [0.2, 0.25) is 0 Å². The van der Waals surface area contributed by atoms with Crippen LogP contribution in [0.1, 0.15) is 31.5 Å². The molecule has 0 saturated heterocycles. The minimum absolute atomic E-state index is 0.0317. The number of benzene rings is 1. The van der Waals surface area contributed by atoms with E-state index in [2.05, 4.69) is 25.5 Å². The molecular formula is C21H21F2N5O2. The van der Waals surface area contributed by atoms with Crippen LogP contribution in [0.25, 0.3) is 11.4 Å². The van der Waals surface area contributed by atoms with Gasteiger partial charge in [-0.2, -0.15) is 5.10 Å². The number of pyridine rings is 1. The summed E-state index contributed by atoms with van der Waals surface area (Å²) in [5.74, 6) is -0.258. The lowest BCUT2D eigenvalue weighted by Crippen LogP contribution is -2.40. The normalized spacial score (nSPS) is 18.7. The number of nitrogens with zero attached hydrogens (tertiary/aromatic N) is 3. The van der Waals surface area contributed by atoms with Gasteiger partial charge in [0.15, 0.2) is 5.82 Å². The maximum atomic E-state index is 13.3. The zero-order valence-electron chi connectivity index (χ0n) is 16.1. The van der Waals surface area contributed by atoms with Gasteiger partial charge in [0.2, 0.25) is 5.91 Å². The number of halogens is 2. The lowest BCUT2D eigenvalue weighted by molar-refractivity contribution is -0.121. The Bertz CT molecular complexity index is 983. The zero-order chi connectivity index (χ0) is 20.9. The molecule has 1 amide bonds. The number of H-pyrrole nitrogens is 1. The highest BCUT2D eigenvalue weighted by atomic mass is 19.1. The van der Waals surface area contributed by atoms with Gasteiger partial charge < -0.3 is 10.1 Å². The van der Waals surface area contributed by atoms with E-state index in [9.17, 15) is 13.6 Å². The topological polar surface area (TPSA) is 92.8 Å². The molecule has 30 heavy (non-hydrogen) atoms. The average molecular weight is 413 g/mol. The van der Waals surface area contributed by atoms with E-state index in [1.165, 1.54) is 12.1 Å². The predicted octanol–water partition coefficient (Wildman–Crippen LogP) is 3.19. The molecule has 0 unspecified atom stereocenters. The third-order valence-electron chi connectivity index (χ3n) is 4.98. The van der Waals surface area contributed by atoms with E-state index in [0.717, 1.165) is 24.5 Å². The van der Waals surface area contributed by atoms with Crippen LogP contribution in [0.5, 0.6) is 5.75 Å². The highest BCUT2D eigenvalue weighted by Gasteiger charge is 2.24. The first-order chi connectivity index (χ1) is 14.5. The van der Waals surface area contributed by atoms with Crippen LogP contribution < -0.4 is 10.1 Å². The van der Waals surface area contributed by atoms with Gasteiger partial charge in [0, 0.05) is 42.2 Å². The summed E-state index contributed by atoms with van der Waals surface area (Å²) < 4.78 is 32.3. The van der Waals surface area contributed by atoms with Gasteiger partial charge in [-0.1, -0.05) is 0 Å². The highest BCUT2D eigenvalue weighted by molar-refractivity contribution is 5.78. The molecule has 2 aromatic heterocycles. The standard InChI is InChI=1S/C21H21F2N5O2/c22-14-9-15(23)11-18(10-14)30-17-3-1-16(2-4-17)25-20(29)12-19-26-21(28-27-19)13-5-7-24-8-6-13/h5-11,16-17H,1-4,12H2,(H,25,29)(H,26,27,28). The number of hydrogen-bond donors (Lipinski definition) is 2. The Labute approximate surface area is 171 Å². The van der Waals surface area contributed by atoms with Crippen LogP contribution in [0.4, 0.5) is 8.78 Å². The van der Waals surface area contributed by atoms with Crippen LogP contribution in [-0.4, -0.2) is 38.2 Å². The summed E-state index contributed by atoms with van der Waals surface area (Å²) in [4.78, 5) is 20.7. The average Bonchev–Trinajstić information content (AvgIpc) is 3.18. The van der Waals surface area contributed by atoms with Crippen molar-refractivity contribution in [2.24, 2.45) is 0 Å². The van der Waals surface area contributed by atoms with Crippen molar-refractivity contribution in [1.29, 1.82) is 0 Å². The van der Waals surface area contributed by atoms with Crippen molar-refractivity contribution in [2.75, 3.05) is 0 Å². The van der Waals surface area contributed by atoms with E-state index in [1.807, 2.05) is 0 Å². The van der Waals surface area contributed by atoms with Gasteiger partial charge in [-0.05, 0) is 37.8 Å². The monoisotopic (exact) mass is 413 g/mol. The van der Waals surface area contributed by atoms with Crippen LogP contribution in [0.3, 0.4) is 0 Å². The molecule has 0 bridgehead atoms. The molecule has 0 spiro atoms. The van der Waals surface area contributed by atoms with Crippen molar-refractivity contribution in [3.05, 3.63) is 60.2 Å². The number of aromatic nitrogens is 4. The van der Waals surface area contributed by atoms with Gasteiger partial charge in [0.25, 0.3) is 0 Å². The SMILES string of the molecule is O=C(Cc1nc(-c2ccncc2)n[nH]1)NC1CCC(Oc2cc(F)cc(F)c2)CC1. The number of amides is 1. The first kappa shape index (κ1) is 19.9. The van der Waals surface area contributed by atoms with Gasteiger partial charge in [-0.25, -0.2) is 13.8 Å². The maximum Gasteiger partial charge on any atom is 0.227 e.